The van der Waals surface area contributed by atoms with E-state index in [-0.39, 0.29) is 11.7 Å². The molecule has 1 spiro atoms. The molecular formula is C8H16N2O2. The van der Waals surface area contributed by atoms with Crippen molar-refractivity contribution in [2.75, 3.05) is 19.7 Å². The van der Waals surface area contributed by atoms with Crippen LogP contribution in [0.2, 0.25) is 0 Å². The zero-order valence-corrected chi connectivity index (χ0v) is 7.20. The summed E-state index contributed by atoms with van der Waals surface area (Å²) in [5.74, 6) is 5.66. The topological polar surface area (TPSA) is 58.7 Å². The molecule has 70 valence electrons. The Kier molecular flexibility index (Phi) is 2.08. The van der Waals surface area contributed by atoms with Gasteiger partial charge >= 0.3 is 0 Å². The highest BCUT2D eigenvalue weighted by atomic mass is 16.5. The second kappa shape index (κ2) is 2.96. The molecule has 4 nitrogen and oxygen atoms in total. The Morgan fingerprint density at radius 3 is 3.00 bits per heavy atom. The van der Waals surface area contributed by atoms with Gasteiger partial charge in [-0.2, -0.15) is 0 Å². The molecule has 0 radical (unpaired) electrons. The molecule has 0 amide bonds. The van der Waals surface area contributed by atoms with Gasteiger partial charge in [-0.15, -0.1) is 0 Å². The summed E-state index contributed by atoms with van der Waals surface area (Å²) in [6.45, 7) is 2.33. The Bertz CT molecular complexity index is 172. The number of nitrogens with zero attached hydrogens (tertiary/aromatic N) is 1. The number of rotatable bonds is 0. The van der Waals surface area contributed by atoms with E-state index in [2.05, 4.69) is 0 Å². The molecule has 2 saturated heterocycles. The highest BCUT2D eigenvalue weighted by Gasteiger charge is 2.41. The minimum absolute atomic E-state index is 0.133. The maximum Gasteiger partial charge on any atom is 0.0860 e. The number of aliphatic hydroxyl groups is 1. The van der Waals surface area contributed by atoms with Crippen LogP contribution in [0.1, 0.15) is 19.3 Å². The molecule has 2 aliphatic rings. The molecule has 0 unspecified atom stereocenters. The zero-order valence-electron chi connectivity index (χ0n) is 7.20. The lowest BCUT2D eigenvalue weighted by Gasteiger charge is -2.35. The van der Waals surface area contributed by atoms with Crippen LogP contribution in [0.15, 0.2) is 0 Å². The van der Waals surface area contributed by atoms with Crippen LogP contribution in [0.5, 0.6) is 0 Å². The molecule has 0 aromatic carbocycles. The van der Waals surface area contributed by atoms with Gasteiger partial charge in [0.15, 0.2) is 0 Å². The first-order valence-corrected chi connectivity index (χ1v) is 4.52. The summed E-state index contributed by atoms with van der Waals surface area (Å²) >= 11 is 0. The second-order valence-electron chi connectivity index (χ2n) is 3.90. The van der Waals surface area contributed by atoms with Gasteiger partial charge in [-0.3, -0.25) is 5.84 Å². The van der Waals surface area contributed by atoms with Gasteiger partial charge in [0, 0.05) is 26.1 Å². The third-order valence-electron chi connectivity index (χ3n) is 2.81. The first kappa shape index (κ1) is 8.44. The average molecular weight is 172 g/mol. The van der Waals surface area contributed by atoms with Crippen molar-refractivity contribution in [2.24, 2.45) is 5.84 Å². The van der Waals surface area contributed by atoms with E-state index in [1.807, 2.05) is 0 Å². The van der Waals surface area contributed by atoms with Crippen LogP contribution in [-0.4, -0.2) is 41.5 Å². The van der Waals surface area contributed by atoms with E-state index in [0.717, 1.165) is 32.4 Å². The molecule has 0 aromatic rings. The van der Waals surface area contributed by atoms with Crippen molar-refractivity contribution in [3.63, 3.8) is 0 Å². The van der Waals surface area contributed by atoms with Crippen LogP contribution in [0.4, 0.5) is 0 Å². The first-order valence-electron chi connectivity index (χ1n) is 4.52. The van der Waals surface area contributed by atoms with Gasteiger partial charge < -0.3 is 9.84 Å². The molecule has 3 N–H and O–H groups in total. The first-order chi connectivity index (χ1) is 5.70. The number of aliphatic hydroxyl groups excluding tert-OH is 1. The smallest absolute Gasteiger partial charge is 0.0860 e. The summed E-state index contributed by atoms with van der Waals surface area (Å²) in [6, 6.07) is 0. The molecule has 0 bridgehead atoms. The summed E-state index contributed by atoms with van der Waals surface area (Å²) < 4.78 is 5.69. The fraction of sp³-hybridized carbons (Fsp3) is 1.00. The third-order valence-corrected chi connectivity index (χ3v) is 2.81. The predicted octanol–water partition coefficient (Wildman–Crippen LogP) is -0.524. The summed E-state index contributed by atoms with van der Waals surface area (Å²) in [5, 5.41) is 11.3. The lowest BCUT2D eigenvalue weighted by molar-refractivity contribution is -0.110. The summed E-state index contributed by atoms with van der Waals surface area (Å²) in [6.07, 6.45) is 2.29. The molecule has 2 atom stereocenters. The normalized spacial score (nSPS) is 44.0. The fourth-order valence-corrected chi connectivity index (χ4v) is 2.16. The predicted molar refractivity (Wildman–Crippen MR) is 44.3 cm³/mol. The van der Waals surface area contributed by atoms with Crippen molar-refractivity contribution in [1.29, 1.82) is 0 Å². The largest absolute Gasteiger partial charge is 0.393 e. The Labute approximate surface area is 72.3 Å². The molecule has 2 rings (SSSR count). The van der Waals surface area contributed by atoms with Crippen molar-refractivity contribution in [1.82, 2.24) is 5.01 Å². The molecule has 12 heavy (non-hydrogen) atoms. The highest BCUT2D eigenvalue weighted by Crippen LogP contribution is 2.32. The molecule has 0 saturated carbocycles. The molecule has 2 aliphatic heterocycles. The summed E-state index contributed by atoms with van der Waals surface area (Å²) in [4.78, 5) is 0. The minimum Gasteiger partial charge on any atom is -0.393 e. The monoisotopic (exact) mass is 172 g/mol. The van der Waals surface area contributed by atoms with Crippen LogP contribution >= 0.6 is 0 Å². The van der Waals surface area contributed by atoms with Crippen molar-refractivity contribution < 1.29 is 9.84 Å². The molecule has 2 heterocycles. The van der Waals surface area contributed by atoms with Gasteiger partial charge in [-0.25, -0.2) is 5.01 Å². The van der Waals surface area contributed by atoms with Crippen LogP contribution in [0.25, 0.3) is 0 Å². The Morgan fingerprint density at radius 1 is 1.58 bits per heavy atom. The van der Waals surface area contributed by atoms with Gasteiger partial charge in [0.1, 0.15) is 0 Å². The number of hydrogen-bond donors (Lipinski definition) is 2. The average Bonchev–Trinajstić information content (AvgIpc) is 2.32. The van der Waals surface area contributed by atoms with E-state index in [4.69, 9.17) is 10.6 Å². The molecule has 0 aromatic heterocycles. The van der Waals surface area contributed by atoms with Gasteiger partial charge in [-0.1, -0.05) is 0 Å². The van der Waals surface area contributed by atoms with Crippen LogP contribution in [-0.2, 0) is 4.74 Å². The quantitative estimate of drug-likeness (QED) is 0.482. The van der Waals surface area contributed by atoms with E-state index in [9.17, 15) is 5.11 Å². The third kappa shape index (κ3) is 1.47. The van der Waals surface area contributed by atoms with E-state index < -0.39 is 0 Å². The Morgan fingerprint density at radius 2 is 2.42 bits per heavy atom. The maximum atomic E-state index is 9.48. The molecule has 0 aliphatic carbocycles. The molecular weight excluding hydrogens is 156 g/mol. The maximum absolute atomic E-state index is 9.48. The summed E-state index contributed by atoms with van der Waals surface area (Å²) in [5.41, 5.74) is -0.133. The summed E-state index contributed by atoms with van der Waals surface area (Å²) in [7, 11) is 0. The van der Waals surface area contributed by atoms with E-state index in [1.165, 1.54) is 0 Å². The lowest BCUT2D eigenvalue weighted by Crippen LogP contribution is -2.45. The number of hydrazine groups is 1. The fourth-order valence-electron chi connectivity index (χ4n) is 2.16. The van der Waals surface area contributed by atoms with Crippen LogP contribution < -0.4 is 5.84 Å². The Balaban J connectivity index is 2.00. The van der Waals surface area contributed by atoms with E-state index in [0.29, 0.717) is 6.61 Å². The van der Waals surface area contributed by atoms with Gasteiger partial charge in [-0.05, 0) is 12.8 Å². The Hall–Kier alpha value is -0.160. The van der Waals surface area contributed by atoms with Gasteiger partial charge in [0.05, 0.1) is 11.7 Å². The van der Waals surface area contributed by atoms with E-state index >= 15 is 0 Å². The van der Waals surface area contributed by atoms with Gasteiger partial charge in [0.2, 0.25) is 0 Å². The lowest BCUT2D eigenvalue weighted by atomic mass is 9.91. The van der Waals surface area contributed by atoms with Crippen LogP contribution in [0, 0.1) is 0 Å². The highest BCUT2D eigenvalue weighted by molar-refractivity contribution is 4.94. The van der Waals surface area contributed by atoms with E-state index in [1.54, 1.807) is 5.01 Å². The standard InChI is InChI=1S/C8H16N2O2/c9-10-3-2-8(6-10)5-7(11)1-4-12-8/h7,11H,1-6,9H2/t7-,8+/m1/s1. The number of nitrogens with two attached hydrogens (primary N) is 1. The van der Waals surface area contributed by atoms with Crippen molar-refractivity contribution in [3.8, 4) is 0 Å². The number of ether oxygens (including phenoxy) is 1. The van der Waals surface area contributed by atoms with Crippen molar-refractivity contribution in [3.05, 3.63) is 0 Å². The SMILES string of the molecule is NN1CC[C@]2(C[C@H](O)CCO2)C1. The zero-order chi connectivity index (χ0) is 8.60. The second-order valence-corrected chi connectivity index (χ2v) is 3.90. The molecule has 4 heteroatoms. The number of hydrogen-bond acceptors (Lipinski definition) is 4. The minimum atomic E-state index is -0.190. The molecule has 2 fully saturated rings. The van der Waals surface area contributed by atoms with Gasteiger partial charge in [0.25, 0.3) is 0 Å². The van der Waals surface area contributed by atoms with Crippen molar-refractivity contribution in [2.45, 2.75) is 31.0 Å². The van der Waals surface area contributed by atoms with Crippen LogP contribution in [0.3, 0.4) is 0 Å². The van der Waals surface area contributed by atoms with Crippen molar-refractivity contribution >= 4 is 0 Å².